The summed E-state index contributed by atoms with van der Waals surface area (Å²) in [5.74, 6) is -2.70. The quantitative estimate of drug-likeness (QED) is 0.842. The number of hydrogen-bond acceptors (Lipinski definition) is 3. The lowest BCUT2D eigenvalue weighted by Gasteiger charge is -2.59. The molecule has 1 saturated heterocycles. The first-order chi connectivity index (χ1) is 8.68. The molecular formula is C12H15F2NO2S2. The zero-order valence-electron chi connectivity index (χ0n) is 10.7. The van der Waals surface area contributed by atoms with E-state index in [9.17, 15) is 17.2 Å². The van der Waals surface area contributed by atoms with Gasteiger partial charge in [0.2, 0.25) is 10.0 Å². The van der Waals surface area contributed by atoms with Crippen LogP contribution in [0.25, 0.3) is 0 Å². The van der Waals surface area contributed by atoms with Crippen molar-refractivity contribution >= 4 is 21.4 Å². The maximum atomic E-state index is 13.5. The Balaban J connectivity index is 1.84. The molecule has 3 nitrogen and oxygen atoms in total. The molecule has 19 heavy (non-hydrogen) atoms. The van der Waals surface area contributed by atoms with Gasteiger partial charge >= 0.3 is 0 Å². The Labute approximate surface area is 115 Å². The molecule has 3 rings (SSSR count). The molecule has 0 unspecified atom stereocenters. The van der Waals surface area contributed by atoms with Gasteiger partial charge in [-0.15, -0.1) is 11.3 Å². The average molecular weight is 307 g/mol. The van der Waals surface area contributed by atoms with Gasteiger partial charge in [-0.25, -0.2) is 17.2 Å². The van der Waals surface area contributed by atoms with Gasteiger partial charge in [-0.3, -0.25) is 0 Å². The predicted octanol–water partition coefficient (Wildman–Crippen LogP) is 2.78. The van der Waals surface area contributed by atoms with E-state index in [2.05, 4.69) is 0 Å². The highest BCUT2D eigenvalue weighted by Crippen LogP contribution is 2.59. The van der Waals surface area contributed by atoms with Crippen LogP contribution in [0.2, 0.25) is 0 Å². The van der Waals surface area contributed by atoms with E-state index in [1.165, 1.54) is 15.6 Å². The number of thiophene rings is 1. The van der Waals surface area contributed by atoms with Crippen LogP contribution < -0.4 is 0 Å². The number of nitrogens with zero attached hydrogens (tertiary/aromatic N) is 1. The van der Waals surface area contributed by atoms with Gasteiger partial charge in [-0.2, -0.15) is 4.31 Å². The molecule has 2 aliphatic rings. The maximum Gasteiger partial charge on any atom is 0.256 e. The van der Waals surface area contributed by atoms with E-state index in [0.29, 0.717) is 6.42 Å². The highest BCUT2D eigenvalue weighted by molar-refractivity contribution is 7.89. The van der Waals surface area contributed by atoms with Crippen molar-refractivity contribution in [2.45, 2.75) is 37.5 Å². The Morgan fingerprint density at radius 2 is 1.89 bits per heavy atom. The first kappa shape index (κ1) is 13.5. The van der Waals surface area contributed by atoms with Gasteiger partial charge in [0.1, 0.15) is 0 Å². The molecule has 2 heterocycles. The molecule has 1 spiro atoms. The van der Waals surface area contributed by atoms with Gasteiger partial charge in [0.25, 0.3) is 5.92 Å². The summed E-state index contributed by atoms with van der Waals surface area (Å²) in [5, 5.41) is 0. The number of rotatable bonds is 2. The zero-order valence-corrected chi connectivity index (χ0v) is 12.4. The number of alkyl halides is 2. The normalized spacial score (nSPS) is 25.1. The third-order valence-electron chi connectivity index (χ3n) is 4.26. The minimum Gasteiger partial charge on any atom is -0.207 e. The Morgan fingerprint density at radius 3 is 2.26 bits per heavy atom. The molecule has 1 aromatic rings. The molecule has 2 fully saturated rings. The standard InChI is InChI=1S/C12H15F2NO2S2/c1-8-5-10(9(2)18-8)19(16,17)15-6-11(7-15)3-4-12(11,13)14/h5H,3-4,6-7H2,1-2H3. The lowest BCUT2D eigenvalue weighted by molar-refractivity contribution is -0.242. The van der Waals surface area contributed by atoms with E-state index in [1.807, 2.05) is 6.92 Å². The molecule has 0 aromatic carbocycles. The van der Waals surface area contributed by atoms with Crippen molar-refractivity contribution in [3.63, 3.8) is 0 Å². The van der Waals surface area contributed by atoms with Crippen molar-refractivity contribution in [3.05, 3.63) is 15.8 Å². The molecule has 1 aliphatic heterocycles. The Hall–Kier alpha value is -0.530. The Morgan fingerprint density at radius 1 is 1.26 bits per heavy atom. The average Bonchev–Trinajstić information content (AvgIpc) is 2.54. The van der Waals surface area contributed by atoms with Crippen LogP contribution in [-0.4, -0.2) is 31.7 Å². The van der Waals surface area contributed by atoms with Crippen LogP contribution in [0.15, 0.2) is 11.0 Å². The van der Waals surface area contributed by atoms with E-state index < -0.39 is 21.4 Å². The van der Waals surface area contributed by atoms with Gasteiger partial charge in [-0.1, -0.05) is 0 Å². The van der Waals surface area contributed by atoms with Gasteiger partial charge < -0.3 is 0 Å². The van der Waals surface area contributed by atoms with E-state index in [0.717, 1.165) is 9.75 Å². The molecule has 106 valence electrons. The fourth-order valence-electron chi connectivity index (χ4n) is 2.86. The highest BCUT2D eigenvalue weighted by atomic mass is 32.2. The molecular weight excluding hydrogens is 292 g/mol. The van der Waals surface area contributed by atoms with Crippen LogP contribution >= 0.6 is 11.3 Å². The van der Waals surface area contributed by atoms with E-state index in [-0.39, 0.29) is 24.4 Å². The lowest BCUT2D eigenvalue weighted by atomic mass is 9.61. The summed E-state index contributed by atoms with van der Waals surface area (Å²) >= 11 is 1.41. The smallest absolute Gasteiger partial charge is 0.207 e. The SMILES string of the molecule is Cc1cc(S(=O)(=O)N2CC3(CCC3(F)F)C2)c(C)s1. The molecule has 0 amide bonds. The zero-order chi connectivity index (χ0) is 14.1. The van der Waals surface area contributed by atoms with Gasteiger partial charge in [-0.05, 0) is 26.3 Å². The van der Waals surface area contributed by atoms with Crippen molar-refractivity contribution in [2.24, 2.45) is 5.41 Å². The lowest BCUT2D eigenvalue weighted by Crippen LogP contribution is -2.70. The second kappa shape index (κ2) is 3.77. The van der Waals surface area contributed by atoms with Crippen LogP contribution in [0.4, 0.5) is 8.78 Å². The summed E-state index contributed by atoms with van der Waals surface area (Å²) in [6.07, 6.45) is 0.311. The third-order valence-corrected chi connectivity index (χ3v) is 7.28. The van der Waals surface area contributed by atoms with E-state index in [1.54, 1.807) is 13.0 Å². The van der Waals surface area contributed by atoms with Gasteiger partial charge in [0.15, 0.2) is 0 Å². The fraction of sp³-hybridized carbons (Fsp3) is 0.667. The number of halogens is 2. The summed E-state index contributed by atoms with van der Waals surface area (Å²) in [4.78, 5) is 1.91. The highest BCUT2D eigenvalue weighted by Gasteiger charge is 2.68. The minimum absolute atomic E-state index is 0.0450. The Kier molecular flexibility index (Phi) is 2.67. The summed E-state index contributed by atoms with van der Waals surface area (Å²) in [7, 11) is -3.60. The maximum absolute atomic E-state index is 13.5. The van der Waals surface area contributed by atoms with Crippen LogP contribution in [0.1, 0.15) is 22.6 Å². The van der Waals surface area contributed by atoms with E-state index in [4.69, 9.17) is 0 Å². The van der Waals surface area contributed by atoms with Crippen LogP contribution in [0.3, 0.4) is 0 Å². The first-order valence-corrected chi connectivity index (χ1v) is 8.39. The van der Waals surface area contributed by atoms with Crippen molar-refractivity contribution in [2.75, 3.05) is 13.1 Å². The summed E-state index contributed by atoms with van der Waals surface area (Å²) in [6, 6.07) is 1.62. The molecule has 1 saturated carbocycles. The van der Waals surface area contributed by atoms with Crippen molar-refractivity contribution in [1.29, 1.82) is 0 Å². The molecule has 1 aliphatic carbocycles. The first-order valence-electron chi connectivity index (χ1n) is 6.13. The molecule has 1 aromatic heterocycles. The minimum atomic E-state index is -3.60. The van der Waals surface area contributed by atoms with Crippen LogP contribution in [-0.2, 0) is 10.0 Å². The molecule has 0 N–H and O–H groups in total. The second-order valence-electron chi connectivity index (χ2n) is 5.54. The summed E-state index contributed by atoms with van der Waals surface area (Å²) < 4.78 is 52.9. The monoisotopic (exact) mass is 307 g/mol. The van der Waals surface area contributed by atoms with Gasteiger partial charge in [0, 0.05) is 29.3 Å². The molecule has 0 atom stereocenters. The van der Waals surface area contributed by atoms with Crippen molar-refractivity contribution in [3.8, 4) is 0 Å². The van der Waals surface area contributed by atoms with Crippen LogP contribution in [0.5, 0.6) is 0 Å². The molecule has 0 bridgehead atoms. The largest absolute Gasteiger partial charge is 0.256 e. The third kappa shape index (κ3) is 1.71. The fourth-order valence-corrected chi connectivity index (χ4v) is 5.99. The van der Waals surface area contributed by atoms with E-state index >= 15 is 0 Å². The summed E-state index contributed by atoms with van der Waals surface area (Å²) in [5.41, 5.74) is -1.08. The number of sulfonamides is 1. The van der Waals surface area contributed by atoms with Crippen LogP contribution in [0, 0.1) is 19.3 Å². The van der Waals surface area contributed by atoms with Gasteiger partial charge in [0.05, 0.1) is 10.3 Å². The molecule has 0 radical (unpaired) electrons. The Bertz CT molecular complexity index is 630. The predicted molar refractivity (Wildman–Crippen MR) is 69.2 cm³/mol. The number of aryl methyl sites for hydroxylation is 2. The number of hydrogen-bond donors (Lipinski definition) is 0. The summed E-state index contributed by atoms with van der Waals surface area (Å²) in [6.45, 7) is 3.50. The molecule has 7 heteroatoms. The topological polar surface area (TPSA) is 37.4 Å². The van der Waals surface area contributed by atoms with Crippen molar-refractivity contribution in [1.82, 2.24) is 4.31 Å². The van der Waals surface area contributed by atoms with Crippen molar-refractivity contribution < 1.29 is 17.2 Å². The second-order valence-corrected chi connectivity index (χ2v) is 8.90.